The molecule has 0 bridgehead atoms. The van der Waals surface area contributed by atoms with E-state index in [0.717, 1.165) is 17.5 Å². The van der Waals surface area contributed by atoms with Gasteiger partial charge >= 0.3 is 5.69 Å². The van der Waals surface area contributed by atoms with Crippen molar-refractivity contribution in [3.63, 3.8) is 0 Å². The van der Waals surface area contributed by atoms with Crippen molar-refractivity contribution in [2.45, 2.75) is 51.0 Å². The van der Waals surface area contributed by atoms with Gasteiger partial charge in [-0.15, -0.1) is 0 Å². The second-order valence-corrected chi connectivity index (χ2v) is 6.35. The van der Waals surface area contributed by atoms with E-state index in [9.17, 15) is 14.7 Å². The molecule has 1 fully saturated rings. The van der Waals surface area contributed by atoms with Crippen LogP contribution in [0.25, 0.3) is 0 Å². The molecule has 0 saturated carbocycles. The Labute approximate surface area is 144 Å². The first-order valence-corrected chi connectivity index (χ1v) is 9.12. The van der Waals surface area contributed by atoms with E-state index in [0.29, 0.717) is 6.42 Å². The van der Waals surface area contributed by atoms with E-state index < -0.39 is 38.2 Å². The summed E-state index contributed by atoms with van der Waals surface area (Å²) in [5.74, 6) is 5.48. The Kier molecular flexibility index (Phi) is 7.25. The lowest BCUT2D eigenvalue weighted by molar-refractivity contribution is -0.0457. The third kappa shape index (κ3) is 5.44. The first-order valence-electron chi connectivity index (χ1n) is 7.84. The number of H-pyrrole nitrogens is 1. The van der Waals surface area contributed by atoms with Crippen LogP contribution in [0.4, 0.5) is 0 Å². The van der Waals surface area contributed by atoms with Crippen LogP contribution in [-0.2, 0) is 9.26 Å². The van der Waals surface area contributed by atoms with Crippen LogP contribution in [-0.4, -0.2) is 43.6 Å². The fourth-order valence-corrected chi connectivity index (χ4v) is 2.56. The molecule has 0 radical (unpaired) electrons. The summed E-state index contributed by atoms with van der Waals surface area (Å²) in [6.45, 7) is 1.90. The molecule has 0 aromatic carbocycles. The summed E-state index contributed by atoms with van der Waals surface area (Å²) in [6, 6.07) is 0. The van der Waals surface area contributed by atoms with Crippen molar-refractivity contribution in [1.29, 1.82) is 0 Å². The summed E-state index contributed by atoms with van der Waals surface area (Å²) in [4.78, 5) is 34.9. The highest BCUT2D eigenvalue weighted by Crippen LogP contribution is 2.30. The molecule has 0 amide bonds. The first kappa shape index (κ1) is 19.7. The molecule has 1 aliphatic rings. The van der Waals surface area contributed by atoms with Gasteiger partial charge in [0.15, 0.2) is 11.9 Å². The molecule has 0 aliphatic carbocycles. The molecule has 4 atom stereocenters. The number of ether oxygens (including phenoxy) is 1. The van der Waals surface area contributed by atoms with E-state index >= 15 is 0 Å². The molecule has 1 saturated heterocycles. The van der Waals surface area contributed by atoms with Crippen LogP contribution in [0.5, 0.6) is 0 Å². The second kappa shape index (κ2) is 9.20. The monoisotopic (exact) mass is 372 g/mol. The smallest absolute Gasteiger partial charge is 0.347 e. The Morgan fingerprint density at radius 3 is 3.00 bits per heavy atom. The van der Waals surface area contributed by atoms with Gasteiger partial charge in [-0.3, -0.25) is 15.3 Å². The average molecular weight is 372 g/mol. The summed E-state index contributed by atoms with van der Waals surface area (Å²) >= 11 is 0. The minimum atomic E-state index is -2.07. The number of rotatable bonds is 6. The van der Waals surface area contributed by atoms with E-state index in [2.05, 4.69) is 21.9 Å². The maximum Gasteiger partial charge on any atom is 0.347 e. The third-order valence-electron chi connectivity index (χ3n) is 3.56. The molecular formula is C14H21N4O6P. The average Bonchev–Trinajstić information content (AvgIpc) is 2.92. The summed E-state index contributed by atoms with van der Waals surface area (Å²) < 4.78 is 11.3. The number of nitrogens with zero attached hydrogens (tertiary/aromatic N) is 2. The molecule has 0 spiro atoms. The predicted octanol–water partition coefficient (Wildman–Crippen LogP) is -0.684. The zero-order valence-electron chi connectivity index (χ0n) is 13.7. The Hall–Kier alpha value is -1.60. The van der Waals surface area contributed by atoms with E-state index in [4.69, 9.17) is 19.7 Å². The quantitative estimate of drug-likeness (QED) is 0.291. The molecule has 10 nitrogen and oxygen atoms in total. The van der Waals surface area contributed by atoms with Crippen LogP contribution in [0.2, 0.25) is 0 Å². The van der Waals surface area contributed by atoms with Crippen molar-refractivity contribution in [1.82, 2.24) is 14.8 Å². The minimum Gasteiger partial charge on any atom is -0.390 e. The van der Waals surface area contributed by atoms with Gasteiger partial charge in [-0.2, -0.15) is 9.78 Å². The number of unbranched alkanes of at least 4 members (excludes halogenated alkanes) is 2. The van der Waals surface area contributed by atoms with Gasteiger partial charge in [0.2, 0.25) is 8.53 Å². The molecule has 2 heterocycles. The zero-order valence-corrected chi connectivity index (χ0v) is 14.6. The van der Waals surface area contributed by atoms with Gasteiger partial charge in [0, 0.05) is 12.8 Å². The topological polar surface area (TPSA) is 153 Å². The number of aliphatic hydroxyl groups excluding tert-OH is 1. The van der Waals surface area contributed by atoms with E-state index in [1.54, 1.807) is 0 Å². The number of aliphatic hydroxyl groups is 1. The fraction of sp³-hybridized carbons (Fsp3) is 0.643. The number of nitrogens with two attached hydrogens (primary N) is 1. The Morgan fingerprint density at radius 1 is 1.56 bits per heavy atom. The molecule has 1 aromatic rings. The standard InChI is InChI=1S/C14H21N4O6P/c1-2-3-4-5-6-9-13(20)16-14(21)18(17-9)12-7-10(19)11(24-12)8-23-25(15)22/h10-12,19,22H,2-4,7-8,15H2,1H3,(H,16,20,21)/t10-,11+,12+,25?/m0/s1. The highest BCUT2D eigenvalue weighted by molar-refractivity contribution is 7.43. The number of hydrogen-bond acceptors (Lipinski definition) is 8. The Morgan fingerprint density at radius 2 is 2.32 bits per heavy atom. The van der Waals surface area contributed by atoms with Gasteiger partial charge in [-0.05, 0) is 12.3 Å². The number of nitrogens with one attached hydrogen (secondary N) is 1. The SMILES string of the molecule is CCCCC#Cc1nn([C@H]2C[C@H](O)[C@@H](COP(N)O)O2)c(=O)[nH]c1=O. The highest BCUT2D eigenvalue weighted by Gasteiger charge is 2.36. The summed E-state index contributed by atoms with van der Waals surface area (Å²) in [6.07, 6.45) is -0.00842. The normalized spacial score (nSPS) is 23.9. The van der Waals surface area contributed by atoms with Gasteiger partial charge in [-0.25, -0.2) is 4.79 Å². The van der Waals surface area contributed by atoms with Crippen LogP contribution in [0.15, 0.2) is 9.59 Å². The summed E-state index contributed by atoms with van der Waals surface area (Å²) in [5, 5.41) is 13.9. The zero-order chi connectivity index (χ0) is 18.4. The lowest BCUT2D eigenvalue weighted by atomic mass is 10.2. The molecule has 1 aliphatic heterocycles. The first-order chi connectivity index (χ1) is 11.9. The second-order valence-electron chi connectivity index (χ2n) is 5.49. The molecular weight excluding hydrogens is 351 g/mol. The van der Waals surface area contributed by atoms with Gasteiger partial charge in [0.25, 0.3) is 5.56 Å². The van der Waals surface area contributed by atoms with Gasteiger partial charge in [-0.1, -0.05) is 19.3 Å². The molecule has 11 heteroatoms. The van der Waals surface area contributed by atoms with Crippen LogP contribution in [0, 0.1) is 11.8 Å². The van der Waals surface area contributed by atoms with Gasteiger partial charge in [0.1, 0.15) is 6.10 Å². The third-order valence-corrected chi connectivity index (χ3v) is 3.98. The van der Waals surface area contributed by atoms with Crippen LogP contribution < -0.4 is 16.8 Å². The maximum absolute atomic E-state index is 12.0. The van der Waals surface area contributed by atoms with Gasteiger partial charge < -0.3 is 19.3 Å². The summed E-state index contributed by atoms with van der Waals surface area (Å²) in [5.41, 5.74) is 3.61. The van der Waals surface area contributed by atoms with Crippen LogP contribution in [0.1, 0.15) is 44.5 Å². The largest absolute Gasteiger partial charge is 0.390 e. The van der Waals surface area contributed by atoms with E-state index in [1.807, 2.05) is 6.92 Å². The highest BCUT2D eigenvalue weighted by atomic mass is 31.2. The lowest BCUT2D eigenvalue weighted by Gasteiger charge is -2.15. The van der Waals surface area contributed by atoms with E-state index in [-0.39, 0.29) is 18.7 Å². The molecule has 1 aromatic heterocycles. The fourth-order valence-electron chi connectivity index (χ4n) is 2.26. The molecule has 1 unspecified atom stereocenters. The predicted molar refractivity (Wildman–Crippen MR) is 89.3 cm³/mol. The van der Waals surface area contributed by atoms with Crippen molar-refractivity contribution in [2.75, 3.05) is 6.61 Å². The Balaban J connectivity index is 2.17. The Bertz CT molecular complexity index is 752. The van der Waals surface area contributed by atoms with Crippen molar-refractivity contribution in [3.8, 4) is 11.8 Å². The minimum absolute atomic E-state index is 0.0730. The van der Waals surface area contributed by atoms with Gasteiger partial charge in [0.05, 0.1) is 12.7 Å². The van der Waals surface area contributed by atoms with Crippen molar-refractivity contribution in [2.24, 2.45) is 5.50 Å². The lowest BCUT2D eigenvalue weighted by Crippen LogP contribution is -2.36. The van der Waals surface area contributed by atoms with Crippen molar-refractivity contribution < 1.29 is 19.3 Å². The van der Waals surface area contributed by atoms with Crippen LogP contribution in [0.3, 0.4) is 0 Å². The van der Waals surface area contributed by atoms with Crippen molar-refractivity contribution >= 4 is 8.53 Å². The van der Waals surface area contributed by atoms with Crippen LogP contribution >= 0.6 is 8.53 Å². The number of aromatic nitrogens is 3. The van der Waals surface area contributed by atoms with E-state index in [1.165, 1.54) is 0 Å². The maximum atomic E-state index is 12.0. The number of hydrogen-bond donors (Lipinski definition) is 4. The molecule has 5 N–H and O–H groups in total. The molecule has 25 heavy (non-hydrogen) atoms. The molecule has 2 rings (SSSR count). The molecule has 138 valence electrons. The number of aromatic amines is 1. The van der Waals surface area contributed by atoms with Crippen molar-refractivity contribution in [3.05, 3.63) is 26.5 Å². The summed E-state index contributed by atoms with van der Waals surface area (Å²) in [7, 11) is -2.07.